The van der Waals surface area contributed by atoms with Crippen LogP contribution in [0.15, 0.2) is 72.6 Å². The number of hydrogen-bond donors (Lipinski definition) is 2. The van der Waals surface area contributed by atoms with Crippen molar-refractivity contribution in [2.45, 2.75) is 39.4 Å². The first-order valence-corrected chi connectivity index (χ1v) is 12.1. The fraction of sp³-hybridized carbons (Fsp3) is 0.391. The van der Waals surface area contributed by atoms with Crippen LogP contribution in [0.25, 0.3) is 0 Å². The van der Waals surface area contributed by atoms with Crippen molar-refractivity contribution in [3.05, 3.63) is 78.1 Å². The highest BCUT2D eigenvalue weighted by atomic mass is 35.5. The fourth-order valence-electron chi connectivity index (χ4n) is 2.81. The van der Waals surface area contributed by atoms with Gasteiger partial charge in [-0.1, -0.05) is 55.1 Å². The zero-order valence-electron chi connectivity index (χ0n) is 18.4. The molecule has 1 aliphatic heterocycles. The maximum Gasteiger partial charge on any atom is 0.217 e. The summed E-state index contributed by atoms with van der Waals surface area (Å²) in [4.78, 5) is 0. The lowest BCUT2D eigenvalue weighted by Gasteiger charge is -2.31. The predicted octanol–water partition coefficient (Wildman–Crippen LogP) is 4.73. The Balaban J connectivity index is 0.000000592. The summed E-state index contributed by atoms with van der Waals surface area (Å²) in [6, 6.07) is 7.89. The molecule has 1 saturated heterocycles. The van der Waals surface area contributed by atoms with Crippen molar-refractivity contribution < 1.29 is 13.2 Å². The van der Waals surface area contributed by atoms with Gasteiger partial charge in [0.2, 0.25) is 10.0 Å². The van der Waals surface area contributed by atoms with Gasteiger partial charge in [-0.05, 0) is 44.5 Å². The highest BCUT2D eigenvalue weighted by Gasteiger charge is 2.27. The SMILES string of the molecule is C=C/C(C)=C(\C)N.C=CNc1ccccc1COC1CCN(S(=O)(=O)C/C=C/Cl)CC1. The van der Waals surface area contributed by atoms with E-state index in [1.807, 2.05) is 38.1 Å². The Morgan fingerprint density at radius 2 is 1.94 bits per heavy atom. The molecular weight excluding hydrogens is 434 g/mol. The van der Waals surface area contributed by atoms with Crippen molar-refractivity contribution in [3.63, 3.8) is 0 Å². The van der Waals surface area contributed by atoms with Gasteiger partial charge in [0, 0.05) is 35.6 Å². The number of sulfonamides is 1. The molecule has 1 aromatic rings. The van der Waals surface area contributed by atoms with E-state index in [1.165, 1.54) is 15.9 Å². The summed E-state index contributed by atoms with van der Waals surface area (Å²) < 4.78 is 31.7. The van der Waals surface area contributed by atoms with Gasteiger partial charge in [-0.2, -0.15) is 0 Å². The van der Waals surface area contributed by atoms with E-state index < -0.39 is 10.0 Å². The Kier molecular flexibility index (Phi) is 12.3. The maximum absolute atomic E-state index is 12.1. The Bertz CT molecular complexity index is 870. The molecule has 0 radical (unpaired) electrons. The van der Waals surface area contributed by atoms with Crippen LogP contribution < -0.4 is 11.1 Å². The van der Waals surface area contributed by atoms with E-state index in [2.05, 4.69) is 18.5 Å². The zero-order chi connectivity index (χ0) is 23.3. The predicted molar refractivity (Wildman–Crippen MR) is 131 cm³/mol. The molecule has 31 heavy (non-hydrogen) atoms. The van der Waals surface area contributed by atoms with Gasteiger partial charge in [-0.15, -0.1) is 0 Å². The van der Waals surface area contributed by atoms with Crippen molar-refractivity contribution >= 4 is 27.3 Å². The van der Waals surface area contributed by atoms with Gasteiger partial charge in [-0.3, -0.25) is 0 Å². The molecular formula is C23H34ClN3O3S. The first-order valence-electron chi connectivity index (χ1n) is 10.1. The Morgan fingerprint density at radius 1 is 1.29 bits per heavy atom. The van der Waals surface area contributed by atoms with E-state index in [4.69, 9.17) is 22.1 Å². The van der Waals surface area contributed by atoms with Crippen LogP contribution in [0.1, 0.15) is 32.3 Å². The molecule has 1 heterocycles. The minimum absolute atomic E-state index is 0.0530. The van der Waals surface area contributed by atoms with Crippen LogP contribution in [-0.4, -0.2) is 37.7 Å². The number of piperidine rings is 1. The summed E-state index contributed by atoms with van der Waals surface area (Å²) >= 11 is 5.41. The molecule has 0 aromatic heterocycles. The molecule has 0 bridgehead atoms. The molecule has 1 fully saturated rings. The normalized spacial score (nSPS) is 16.2. The van der Waals surface area contributed by atoms with Crippen molar-refractivity contribution in [2.75, 3.05) is 24.2 Å². The van der Waals surface area contributed by atoms with Crippen LogP contribution in [0.5, 0.6) is 0 Å². The molecule has 0 aliphatic carbocycles. The monoisotopic (exact) mass is 467 g/mol. The highest BCUT2D eigenvalue weighted by Crippen LogP contribution is 2.21. The second-order valence-corrected chi connectivity index (χ2v) is 9.39. The molecule has 8 heteroatoms. The van der Waals surface area contributed by atoms with Gasteiger partial charge in [0.15, 0.2) is 0 Å². The smallest absolute Gasteiger partial charge is 0.217 e. The van der Waals surface area contributed by atoms with Crippen LogP contribution in [0, 0.1) is 0 Å². The van der Waals surface area contributed by atoms with E-state index in [9.17, 15) is 8.42 Å². The number of rotatable bonds is 9. The number of nitrogens with zero attached hydrogens (tertiary/aromatic N) is 1. The summed E-state index contributed by atoms with van der Waals surface area (Å²) in [6.07, 6.45) is 6.29. The second kappa shape index (κ2) is 14.1. The second-order valence-electron chi connectivity index (χ2n) is 7.13. The Labute approximate surface area is 192 Å². The van der Waals surface area contributed by atoms with Gasteiger partial charge in [0.25, 0.3) is 0 Å². The molecule has 6 nitrogen and oxygen atoms in total. The van der Waals surface area contributed by atoms with Crippen molar-refractivity contribution in [2.24, 2.45) is 5.73 Å². The van der Waals surface area contributed by atoms with Crippen LogP contribution in [-0.2, 0) is 21.4 Å². The van der Waals surface area contributed by atoms with Gasteiger partial charge >= 0.3 is 0 Å². The Hall–Kier alpha value is -2.06. The highest BCUT2D eigenvalue weighted by molar-refractivity contribution is 7.89. The summed E-state index contributed by atoms with van der Waals surface area (Å²) in [6.45, 7) is 12.5. The average Bonchev–Trinajstić information content (AvgIpc) is 2.77. The number of allylic oxidation sites excluding steroid dienone is 3. The van der Waals surface area contributed by atoms with Gasteiger partial charge in [0.1, 0.15) is 0 Å². The fourth-order valence-corrected chi connectivity index (χ4v) is 4.32. The number of nitrogens with one attached hydrogen (secondary N) is 1. The number of hydrogen-bond acceptors (Lipinski definition) is 5. The van der Waals surface area contributed by atoms with Crippen molar-refractivity contribution in [1.82, 2.24) is 4.31 Å². The third kappa shape index (κ3) is 9.74. The molecule has 0 amide bonds. The topological polar surface area (TPSA) is 84.7 Å². The number of nitrogens with two attached hydrogens (primary N) is 1. The summed E-state index contributed by atoms with van der Waals surface area (Å²) in [5.41, 5.74) is 10.5. The molecule has 0 atom stereocenters. The van der Waals surface area contributed by atoms with Crippen LogP contribution >= 0.6 is 11.6 Å². The molecule has 172 valence electrons. The van der Waals surface area contributed by atoms with Crippen molar-refractivity contribution in [1.29, 1.82) is 0 Å². The summed E-state index contributed by atoms with van der Waals surface area (Å²) in [5, 5.41) is 3.09. The number of ether oxygens (including phenoxy) is 1. The summed E-state index contributed by atoms with van der Waals surface area (Å²) in [7, 11) is -3.26. The Morgan fingerprint density at radius 3 is 2.45 bits per heavy atom. The number of anilines is 1. The summed E-state index contributed by atoms with van der Waals surface area (Å²) in [5.74, 6) is -0.0530. The van der Waals surface area contributed by atoms with Crippen LogP contribution in [0.4, 0.5) is 5.69 Å². The third-order valence-corrected chi connectivity index (χ3v) is 6.81. The molecule has 1 aliphatic rings. The molecule has 0 saturated carbocycles. The maximum atomic E-state index is 12.1. The minimum Gasteiger partial charge on any atom is -0.402 e. The van der Waals surface area contributed by atoms with E-state index in [1.54, 1.807) is 12.3 Å². The molecule has 0 spiro atoms. The van der Waals surface area contributed by atoms with Gasteiger partial charge in [0.05, 0.1) is 18.5 Å². The first kappa shape index (κ1) is 27.0. The number of benzene rings is 1. The first-order chi connectivity index (χ1) is 14.7. The quantitative estimate of drug-likeness (QED) is 0.513. The lowest BCUT2D eigenvalue weighted by Crippen LogP contribution is -2.41. The molecule has 2 rings (SSSR count). The van der Waals surface area contributed by atoms with Crippen molar-refractivity contribution in [3.8, 4) is 0 Å². The lowest BCUT2D eigenvalue weighted by molar-refractivity contribution is 0.0105. The lowest BCUT2D eigenvalue weighted by atomic mass is 10.1. The number of para-hydroxylation sites is 1. The van der Waals surface area contributed by atoms with Gasteiger partial charge in [-0.25, -0.2) is 12.7 Å². The van der Waals surface area contributed by atoms with Gasteiger partial charge < -0.3 is 15.8 Å². The third-order valence-electron chi connectivity index (χ3n) is 4.87. The van der Waals surface area contributed by atoms with Crippen LogP contribution in [0.3, 0.4) is 0 Å². The van der Waals surface area contributed by atoms with E-state index >= 15 is 0 Å². The zero-order valence-corrected chi connectivity index (χ0v) is 20.0. The van der Waals surface area contributed by atoms with Crippen LogP contribution in [0.2, 0.25) is 0 Å². The molecule has 1 aromatic carbocycles. The number of halogens is 1. The van der Waals surface area contributed by atoms with E-state index in [-0.39, 0.29) is 11.9 Å². The van der Waals surface area contributed by atoms with E-state index in [0.717, 1.165) is 22.5 Å². The molecule has 3 N–H and O–H groups in total. The van der Waals surface area contributed by atoms with E-state index in [0.29, 0.717) is 32.5 Å². The standard InChI is InChI=1S/C17H23ClN2O3S.C6H11N/c1-2-19-17-7-4-3-6-15(17)14-23-16-8-11-20(12-9-16)24(21,22)13-5-10-18;1-4-5(2)6(3)7/h2-7,10,16,19H,1,8-9,11-14H2;4H,1,7H2,2-3H3/b10-5+;6-5+. The average molecular weight is 468 g/mol. The largest absolute Gasteiger partial charge is 0.402 e. The molecule has 0 unspecified atom stereocenters. The minimum atomic E-state index is -3.26.